The third-order valence-corrected chi connectivity index (χ3v) is 3.05. The zero-order valence-electron chi connectivity index (χ0n) is 11.7. The number of hydrogen-bond acceptors (Lipinski definition) is 5. The molecular weight excluding hydrogens is 320 g/mol. The molecule has 0 fully saturated rings. The second kappa shape index (κ2) is 7.29. The first-order valence-electron chi connectivity index (χ1n) is 6.45. The summed E-state index contributed by atoms with van der Waals surface area (Å²) in [5, 5.41) is 21.0. The van der Waals surface area contributed by atoms with Crippen LogP contribution in [0, 0.1) is 11.3 Å². The van der Waals surface area contributed by atoms with E-state index in [-0.39, 0.29) is 16.3 Å². The maximum absolute atomic E-state index is 11.8. The monoisotopic (exact) mass is 330 g/mol. The number of nitrogens with zero attached hydrogens (tertiary/aromatic N) is 1. The van der Waals surface area contributed by atoms with Crippen molar-refractivity contribution in [2.75, 3.05) is 11.9 Å². The molecule has 0 aliphatic rings. The Morgan fingerprint density at radius 1 is 1.22 bits per heavy atom. The topological polar surface area (TPSA) is 99.4 Å². The summed E-state index contributed by atoms with van der Waals surface area (Å²) in [4.78, 5) is 23.5. The summed E-state index contributed by atoms with van der Waals surface area (Å²) in [6, 6.07) is 12.1. The molecule has 2 N–H and O–H groups in total. The lowest BCUT2D eigenvalue weighted by molar-refractivity contribution is -0.119. The Hall–Kier alpha value is -3.04. The average molecular weight is 331 g/mol. The second-order valence-corrected chi connectivity index (χ2v) is 4.91. The fourth-order valence-corrected chi connectivity index (χ4v) is 1.88. The van der Waals surface area contributed by atoms with Crippen molar-refractivity contribution in [1.82, 2.24) is 0 Å². The van der Waals surface area contributed by atoms with Crippen molar-refractivity contribution in [3.8, 4) is 11.8 Å². The number of rotatable bonds is 4. The van der Waals surface area contributed by atoms with Crippen LogP contribution in [-0.2, 0) is 9.53 Å². The number of nitriles is 1. The van der Waals surface area contributed by atoms with Crippen molar-refractivity contribution in [3.63, 3.8) is 0 Å². The molecule has 2 rings (SSSR count). The first-order chi connectivity index (χ1) is 11.0. The Morgan fingerprint density at radius 2 is 1.91 bits per heavy atom. The highest BCUT2D eigenvalue weighted by atomic mass is 35.5. The van der Waals surface area contributed by atoms with E-state index in [1.165, 1.54) is 18.2 Å². The van der Waals surface area contributed by atoms with Gasteiger partial charge in [-0.2, -0.15) is 5.26 Å². The highest BCUT2D eigenvalue weighted by Crippen LogP contribution is 2.22. The molecule has 0 heterocycles. The van der Waals surface area contributed by atoms with E-state index in [2.05, 4.69) is 5.32 Å². The number of nitrogens with one attached hydrogen (secondary N) is 1. The molecule has 2 aromatic carbocycles. The number of ether oxygens (including phenoxy) is 1. The molecule has 1 amide bonds. The fourth-order valence-electron chi connectivity index (χ4n) is 1.71. The van der Waals surface area contributed by atoms with Crippen molar-refractivity contribution in [3.05, 3.63) is 58.6 Å². The van der Waals surface area contributed by atoms with Gasteiger partial charge < -0.3 is 15.2 Å². The van der Waals surface area contributed by atoms with E-state index < -0.39 is 18.5 Å². The largest absolute Gasteiger partial charge is 0.507 e. The molecule has 0 aliphatic carbocycles. The number of hydrogen-bond donors (Lipinski definition) is 2. The first-order valence-corrected chi connectivity index (χ1v) is 6.83. The predicted molar refractivity (Wildman–Crippen MR) is 83.2 cm³/mol. The summed E-state index contributed by atoms with van der Waals surface area (Å²) in [5.41, 5.74) is 0.810. The highest BCUT2D eigenvalue weighted by Gasteiger charge is 2.15. The van der Waals surface area contributed by atoms with Crippen LogP contribution in [0.5, 0.6) is 5.75 Å². The molecule has 0 aliphatic heterocycles. The van der Waals surface area contributed by atoms with Crippen LogP contribution in [0.4, 0.5) is 5.69 Å². The van der Waals surface area contributed by atoms with Crippen molar-refractivity contribution >= 4 is 29.2 Å². The van der Waals surface area contributed by atoms with E-state index in [9.17, 15) is 14.7 Å². The average Bonchev–Trinajstić information content (AvgIpc) is 2.55. The molecule has 0 radical (unpaired) electrons. The molecule has 0 aromatic heterocycles. The van der Waals surface area contributed by atoms with Gasteiger partial charge in [-0.05, 0) is 42.5 Å². The van der Waals surface area contributed by atoms with Gasteiger partial charge in [-0.15, -0.1) is 0 Å². The number of esters is 1. The summed E-state index contributed by atoms with van der Waals surface area (Å²) in [5.74, 6) is -1.70. The number of phenols is 1. The summed E-state index contributed by atoms with van der Waals surface area (Å²) < 4.78 is 4.82. The second-order valence-electron chi connectivity index (χ2n) is 4.47. The van der Waals surface area contributed by atoms with Crippen LogP contribution in [0.3, 0.4) is 0 Å². The zero-order chi connectivity index (χ0) is 16.8. The molecule has 0 spiro atoms. The van der Waals surface area contributed by atoms with Gasteiger partial charge in [0.2, 0.25) is 0 Å². The number of phenolic OH excluding ortho intramolecular Hbond substituents is 1. The van der Waals surface area contributed by atoms with Crippen LogP contribution in [-0.4, -0.2) is 23.6 Å². The summed E-state index contributed by atoms with van der Waals surface area (Å²) in [6.07, 6.45) is 0. The van der Waals surface area contributed by atoms with Gasteiger partial charge in [0.05, 0.1) is 11.6 Å². The predicted octanol–water partition coefficient (Wildman–Crippen LogP) is 2.71. The quantitative estimate of drug-likeness (QED) is 0.840. The molecule has 0 unspecified atom stereocenters. The molecule has 2 aromatic rings. The van der Waals surface area contributed by atoms with Gasteiger partial charge >= 0.3 is 5.97 Å². The van der Waals surface area contributed by atoms with Crippen molar-refractivity contribution < 1.29 is 19.4 Å². The Kier molecular flexibility index (Phi) is 5.18. The standard InChI is InChI=1S/C16H11ClN2O4/c17-11-3-6-14(20)13(7-11)16(22)23-9-15(21)19-12-4-1-10(8-18)2-5-12/h1-7,20H,9H2,(H,19,21). The van der Waals surface area contributed by atoms with E-state index >= 15 is 0 Å². The minimum absolute atomic E-state index is 0.122. The van der Waals surface area contributed by atoms with E-state index in [4.69, 9.17) is 21.6 Å². The van der Waals surface area contributed by atoms with Gasteiger partial charge in [0.15, 0.2) is 6.61 Å². The van der Waals surface area contributed by atoms with E-state index in [1.807, 2.05) is 6.07 Å². The fraction of sp³-hybridized carbons (Fsp3) is 0.0625. The van der Waals surface area contributed by atoms with Gasteiger partial charge in [0.1, 0.15) is 11.3 Å². The normalized spacial score (nSPS) is 9.74. The number of carbonyl (C=O) groups excluding carboxylic acids is 2. The van der Waals surface area contributed by atoms with Gasteiger partial charge in [-0.3, -0.25) is 4.79 Å². The number of halogens is 1. The SMILES string of the molecule is N#Cc1ccc(NC(=O)COC(=O)c2cc(Cl)ccc2O)cc1. The van der Waals surface area contributed by atoms with Crippen LogP contribution in [0.1, 0.15) is 15.9 Å². The summed E-state index contributed by atoms with van der Waals surface area (Å²) >= 11 is 5.73. The number of anilines is 1. The lowest BCUT2D eigenvalue weighted by Crippen LogP contribution is -2.21. The molecule has 0 bridgehead atoms. The third-order valence-electron chi connectivity index (χ3n) is 2.81. The first kappa shape index (κ1) is 16.3. The lowest BCUT2D eigenvalue weighted by Gasteiger charge is -2.08. The molecule has 0 saturated carbocycles. The molecule has 23 heavy (non-hydrogen) atoms. The van der Waals surface area contributed by atoms with Crippen LogP contribution in [0.2, 0.25) is 5.02 Å². The smallest absolute Gasteiger partial charge is 0.342 e. The number of aromatic hydroxyl groups is 1. The molecule has 116 valence electrons. The van der Waals surface area contributed by atoms with Crippen LogP contribution in [0.15, 0.2) is 42.5 Å². The van der Waals surface area contributed by atoms with E-state index in [1.54, 1.807) is 24.3 Å². The molecule has 0 atom stereocenters. The number of carbonyl (C=O) groups is 2. The van der Waals surface area contributed by atoms with Crippen molar-refractivity contribution in [1.29, 1.82) is 5.26 Å². The Morgan fingerprint density at radius 3 is 2.57 bits per heavy atom. The molecule has 6 nitrogen and oxygen atoms in total. The van der Waals surface area contributed by atoms with Gasteiger partial charge in [-0.25, -0.2) is 4.79 Å². The zero-order valence-corrected chi connectivity index (χ0v) is 12.5. The highest BCUT2D eigenvalue weighted by molar-refractivity contribution is 6.31. The Bertz CT molecular complexity index is 782. The molecular formula is C16H11ClN2O4. The van der Waals surface area contributed by atoms with Crippen molar-refractivity contribution in [2.45, 2.75) is 0 Å². The summed E-state index contributed by atoms with van der Waals surface area (Å²) in [6.45, 7) is -0.523. The summed E-state index contributed by atoms with van der Waals surface area (Å²) in [7, 11) is 0. The van der Waals surface area contributed by atoms with Gasteiger partial charge in [-0.1, -0.05) is 11.6 Å². The number of amides is 1. The van der Waals surface area contributed by atoms with E-state index in [0.717, 1.165) is 0 Å². The van der Waals surface area contributed by atoms with Crippen LogP contribution in [0.25, 0.3) is 0 Å². The Balaban J connectivity index is 1.92. The maximum atomic E-state index is 11.8. The van der Waals surface area contributed by atoms with Crippen LogP contribution >= 0.6 is 11.6 Å². The maximum Gasteiger partial charge on any atom is 0.342 e. The van der Waals surface area contributed by atoms with E-state index in [0.29, 0.717) is 11.3 Å². The van der Waals surface area contributed by atoms with Gasteiger partial charge in [0, 0.05) is 10.7 Å². The lowest BCUT2D eigenvalue weighted by atomic mass is 10.2. The minimum atomic E-state index is -0.861. The third kappa shape index (κ3) is 4.46. The van der Waals surface area contributed by atoms with Gasteiger partial charge in [0.25, 0.3) is 5.91 Å². The molecule has 7 heteroatoms. The minimum Gasteiger partial charge on any atom is -0.507 e. The Labute approximate surface area is 136 Å². The molecule has 0 saturated heterocycles. The van der Waals surface area contributed by atoms with Crippen LogP contribution < -0.4 is 5.32 Å². The number of benzene rings is 2. The van der Waals surface area contributed by atoms with Crippen molar-refractivity contribution in [2.24, 2.45) is 0 Å².